The molecule has 5 nitrogen and oxygen atoms in total. The third kappa shape index (κ3) is 30.1. The van der Waals surface area contributed by atoms with Gasteiger partial charge in [-0.05, 0) is 6.42 Å². The standard InChI is InChI=1S/C16H35O5P.2K/c1-2-3-4-5-6-7-8-9-10-11-12-13-14-20-15-16-21-22(17,18)19;;/h2-16H2,1H3,(H2,17,18,19);;/q;2*+1/p-2. The minimum absolute atomic E-state index is 0. The van der Waals surface area contributed by atoms with Crippen molar-refractivity contribution in [3.63, 3.8) is 0 Å². The van der Waals surface area contributed by atoms with E-state index in [1.165, 1.54) is 64.2 Å². The Morgan fingerprint density at radius 3 is 1.50 bits per heavy atom. The van der Waals surface area contributed by atoms with Crippen molar-refractivity contribution < 1.29 is 126 Å². The molecule has 8 heteroatoms. The van der Waals surface area contributed by atoms with Crippen molar-refractivity contribution in [2.75, 3.05) is 19.8 Å². The van der Waals surface area contributed by atoms with E-state index in [-0.39, 0.29) is 116 Å². The third-order valence-corrected chi connectivity index (χ3v) is 4.12. The van der Waals surface area contributed by atoms with E-state index in [9.17, 15) is 14.4 Å². The molecular weight excluding hydrogens is 381 g/mol. The molecule has 0 rings (SSSR count). The fraction of sp³-hybridized carbons (Fsp3) is 1.00. The molecule has 0 N–H and O–H groups in total. The summed E-state index contributed by atoms with van der Waals surface area (Å²) in [5.41, 5.74) is 0. The van der Waals surface area contributed by atoms with Gasteiger partial charge in [0.15, 0.2) is 0 Å². The molecule has 0 aliphatic rings. The van der Waals surface area contributed by atoms with Crippen molar-refractivity contribution in [3.05, 3.63) is 0 Å². The summed E-state index contributed by atoms with van der Waals surface area (Å²) in [6.45, 7) is 2.83. The summed E-state index contributed by atoms with van der Waals surface area (Å²) in [5.74, 6) is 0. The molecule has 0 aromatic heterocycles. The number of ether oxygens (including phenoxy) is 1. The molecule has 0 atom stereocenters. The largest absolute Gasteiger partial charge is 1.00 e. The molecule has 0 fully saturated rings. The third-order valence-electron chi connectivity index (χ3n) is 3.62. The summed E-state index contributed by atoms with van der Waals surface area (Å²) in [6.07, 6.45) is 15.5. The zero-order valence-electron chi connectivity index (χ0n) is 16.1. The second kappa shape index (κ2) is 24.4. The molecule has 0 saturated heterocycles. The number of rotatable bonds is 17. The van der Waals surface area contributed by atoms with Gasteiger partial charge in [-0.2, -0.15) is 0 Å². The van der Waals surface area contributed by atoms with Gasteiger partial charge in [-0.3, -0.25) is 0 Å². The van der Waals surface area contributed by atoms with Gasteiger partial charge < -0.3 is 23.6 Å². The topological polar surface area (TPSA) is 81.7 Å². The Hall–Kier alpha value is 3.34. The SMILES string of the molecule is CCCCCCCCCCCCCCOCCOP(=O)([O-])[O-].[K+].[K+]. The average Bonchev–Trinajstić information content (AvgIpc) is 2.45. The van der Waals surface area contributed by atoms with Crippen LogP contribution in [0.15, 0.2) is 0 Å². The Morgan fingerprint density at radius 2 is 1.08 bits per heavy atom. The molecule has 0 spiro atoms. The first-order valence-electron chi connectivity index (χ1n) is 8.80. The Labute approximate surface area is 233 Å². The first-order chi connectivity index (χ1) is 10.6. The van der Waals surface area contributed by atoms with Gasteiger partial charge in [0.1, 0.15) is 0 Å². The Kier molecular flexibility index (Phi) is 32.5. The van der Waals surface area contributed by atoms with Crippen LogP contribution in [0.5, 0.6) is 0 Å². The summed E-state index contributed by atoms with van der Waals surface area (Å²) < 4.78 is 19.4. The van der Waals surface area contributed by atoms with E-state index in [4.69, 9.17) is 4.74 Å². The molecular formula is C16H33K2O5P. The van der Waals surface area contributed by atoms with Gasteiger partial charge in [-0.25, -0.2) is 0 Å². The van der Waals surface area contributed by atoms with Crippen LogP contribution in [0.1, 0.15) is 84.0 Å². The van der Waals surface area contributed by atoms with Crippen molar-refractivity contribution in [2.24, 2.45) is 0 Å². The average molecular weight is 415 g/mol. The predicted octanol–water partition coefficient (Wildman–Crippen LogP) is -2.44. The van der Waals surface area contributed by atoms with Crippen LogP contribution in [0.25, 0.3) is 0 Å². The van der Waals surface area contributed by atoms with Crippen molar-refractivity contribution in [3.8, 4) is 0 Å². The van der Waals surface area contributed by atoms with E-state index in [0.717, 1.165) is 12.8 Å². The quantitative estimate of drug-likeness (QED) is 0.150. The summed E-state index contributed by atoms with van der Waals surface area (Å²) in [5, 5.41) is 0. The second-order valence-corrected chi connectivity index (χ2v) is 6.93. The molecule has 0 aliphatic heterocycles. The smallest absolute Gasteiger partial charge is 0.790 e. The first-order valence-corrected chi connectivity index (χ1v) is 10.3. The molecule has 0 saturated carbocycles. The van der Waals surface area contributed by atoms with E-state index >= 15 is 0 Å². The summed E-state index contributed by atoms with van der Waals surface area (Å²) in [6, 6.07) is 0. The fourth-order valence-corrected chi connectivity index (χ4v) is 2.65. The minimum Gasteiger partial charge on any atom is -0.790 e. The monoisotopic (exact) mass is 414 g/mol. The van der Waals surface area contributed by atoms with Crippen molar-refractivity contribution in [1.29, 1.82) is 0 Å². The summed E-state index contributed by atoms with van der Waals surface area (Å²) in [7, 11) is -4.83. The zero-order chi connectivity index (χ0) is 16.5. The van der Waals surface area contributed by atoms with Gasteiger partial charge in [0.2, 0.25) is 0 Å². The molecule has 24 heavy (non-hydrogen) atoms. The summed E-state index contributed by atoms with van der Waals surface area (Å²) in [4.78, 5) is 20.3. The first kappa shape index (κ1) is 32.0. The van der Waals surface area contributed by atoms with E-state index in [2.05, 4.69) is 11.4 Å². The molecule has 0 radical (unpaired) electrons. The van der Waals surface area contributed by atoms with Crippen molar-refractivity contribution in [1.82, 2.24) is 0 Å². The molecule has 0 amide bonds. The Morgan fingerprint density at radius 1 is 0.667 bits per heavy atom. The maximum absolute atomic E-state index is 10.2. The second-order valence-electron chi connectivity index (χ2n) is 5.78. The predicted molar refractivity (Wildman–Crippen MR) is 85.5 cm³/mol. The van der Waals surface area contributed by atoms with Crippen LogP contribution >= 0.6 is 7.82 Å². The van der Waals surface area contributed by atoms with E-state index < -0.39 is 7.82 Å². The molecule has 0 aliphatic carbocycles. The molecule has 0 heterocycles. The van der Waals surface area contributed by atoms with E-state index in [0.29, 0.717) is 6.61 Å². The Bertz CT molecular complexity index is 277. The van der Waals surface area contributed by atoms with Crippen LogP contribution in [0.4, 0.5) is 0 Å². The van der Waals surface area contributed by atoms with Gasteiger partial charge in [-0.15, -0.1) is 0 Å². The molecule has 0 aromatic rings. The molecule has 0 bridgehead atoms. The van der Waals surface area contributed by atoms with Gasteiger partial charge in [0, 0.05) is 6.61 Å². The maximum Gasteiger partial charge on any atom is 1.00 e. The van der Waals surface area contributed by atoms with Gasteiger partial charge >= 0.3 is 103 Å². The Balaban J connectivity index is -0.00000220. The van der Waals surface area contributed by atoms with Crippen LogP contribution < -0.4 is 113 Å². The van der Waals surface area contributed by atoms with Gasteiger partial charge in [0.25, 0.3) is 0 Å². The van der Waals surface area contributed by atoms with Crippen LogP contribution in [0, 0.1) is 0 Å². The zero-order valence-corrected chi connectivity index (χ0v) is 23.2. The van der Waals surface area contributed by atoms with E-state index in [1.807, 2.05) is 0 Å². The minimum atomic E-state index is -4.83. The van der Waals surface area contributed by atoms with E-state index in [1.54, 1.807) is 0 Å². The van der Waals surface area contributed by atoms with Crippen LogP contribution in [-0.4, -0.2) is 19.8 Å². The van der Waals surface area contributed by atoms with Gasteiger partial charge in [0.05, 0.1) is 21.0 Å². The number of unbranched alkanes of at least 4 members (excludes halogenated alkanes) is 11. The number of phosphoric ester groups is 1. The fourth-order valence-electron chi connectivity index (χ4n) is 2.36. The van der Waals surface area contributed by atoms with Crippen LogP contribution in [-0.2, 0) is 13.8 Å². The van der Waals surface area contributed by atoms with Gasteiger partial charge in [-0.1, -0.05) is 77.6 Å². The number of hydrogen-bond acceptors (Lipinski definition) is 5. The van der Waals surface area contributed by atoms with Crippen molar-refractivity contribution in [2.45, 2.75) is 84.0 Å². The molecule has 0 unspecified atom stereocenters. The molecule has 134 valence electrons. The normalized spacial score (nSPS) is 11.0. The molecule has 0 aromatic carbocycles. The van der Waals surface area contributed by atoms with Crippen LogP contribution in [0.2, 0.25) is 0 Å². The number of phosphoric acid groups is 1. The summed E-state index contributed by atoms with van der Waals surface area (Å²) >= 11 is 0. The maximum atomic E-state index is 10.2. The number of hydrogen-bond donors (Lipinski definition) is 0. The van der Waals surface area contributed by atoms with Crippen LogP contribution in [0.3, 0.4) is 0 Å². The van der Waals surface area contributed by atoms with Crippen molar-refractivity contribution >= 4 is 7.82 Å².